The lowest BCUT2D eigenvalue weighted by Crippen LogP contribution is -2.42. The summed E-state index contributed by atoms with van der Waals surface area (Å²) in [5, 5.41) is 0. The lowest BCUT2D eigenvalue weighted by molar-refractivity contribution is 0.202. The number of hydrogen-bond acceptors (Lipinski definition) is 3. The van der Waals surface area contributed by atoms with Gasteiger partial charge in [-0.2, -0.15) is 0 Å². The molecular weight excluding hydrogens is 234 g/mol. The van der Waals surface area contributed by atoms with Gasteiger partial charge in [-0.15, -0.1) is 0 Å². The van der Waals surface area contributed by atoms with Crippen LogP contribution in [-0.4, -0.2) is 18.1 Å². The van der Waals surface area contributed by atoms with Crippen LogP contribution in [0.2, 0.25) is 0 Å². The average Bonchev–Trinajstić information content (AvgIpc) is 2.46. The second kappa shape index (κ2) is 5.49. The highest BCUT2D eigenvalue weighted by atomic mass is 15.2. The SMILES string of the molecule is CC(N)c1cccnc1N1CCC2CCCCC2C1. The van der Waals surface area contributed by atoms with Crippen molar-refractivity contribution in [1.29, 1.82) is 0 Å². The zero-order valence-electron chi connectivity index (χ0n) is 11.9. The molecule has 3 unspecified atom stereocenters. The van der Waals surface area contributed by atoms with Crippen LogP contribution in [0.4, 0.5) is 5.82 Å². The molecule has 2 fully saturated rings. The standard InChI is InChI=1S/C16H25N3/c1-12(17)15-7-4-9-18-16(15)19-10-8-13-5-2-3-6-14(13)11-19/h4,7,9,12-14H,2-3,5-6,8,10-11,17H2,1H3. The fraction of sp³-hybridized carbons (Fsp3) is 0.688. The van der Waals surface area contributed by atoms with Crippen LogP contribution < -0.4 is 10.6 Å². The molecule has 1 saturated carbocycles. The summed E-state index contributed by atoms with van der Waals surface area (Å²) in [7, 11) is 0. The zero-order chi connectivity index (χ0) is 13.2. The van der Waals surface area contributed by atoms with Crippen LogP contribution in [-0.2, 0) is 0 Å². The molecule has 1 aromatic rings. The summed E-state index contributed by atoms with van der Waals surface area (Å²) in [6.45, 7) is 4.38. The number of rotatable bonds is 2. The molecule has 19 heavy (non-hydrogen) atoms. The van der Waals surface area contributed by atoms with Crippen LogP contribution in [0, 0.1) is 11.8 Å². The summed E-state index contributed by atoms with van der Waals surface area (Å²) in [6.07, 6.45) is 8.93. The van der Waals surface area contributed by atoms with Gasteiger partial charge >= 0.3 is 0 Å². The molecule has 0 bridgehead atoms. The number of nitrogens with two attached hydrogens (primary N) is 1. The predicted molar refractivity (Wildman–Crippen MR) is 79.1 cm³/mol. The van der Waals surface area contributed by atoms with E-state index in [0.717, 1.165) is 24.2 Å². The fourth-order valence-electron chi connectivity index (χ4n) is 3.82. The first kappa shape index (κ1) is 12.9. The summed E-state index contributed by atoms with van der Waals surface area (Å²) in [6, 6.07) is 4.18. The van der Waals surface area contributed by atoms with Crippen LogP contribution in [0.25, 0.3) is 0 Å². The van der Waals surface area contributed by atoms with Crippen molar-refractivity contribution in [3.05, 3.63) is 23.9 Å². The van der Waals surface area contributed by atoms with E-state index >= 15 is 0 Å². The Kier molecular flexibility index (Phi) is 3.74. The van der Waals surface area contributed by atoms with Gasteiger partial charge in [-0.05, 0) is 37.7 Å². The highest BCUT2D eigenvalue weighted by molar-refractivity contribution is 5.48. The molecule has 3 rings (SSSR count). The van der Waals surface area contributed by atoms with Gasteiger partial charge in [0.25, 0.3) is 0 Å². The Morgan fingerprint density at radius 2 is 2.05 bits per heavy atom. The quantitative estimate of drug-likeness (QED) is 0.887. The highest BCUT2D eigenvalue weighted by Crippen LogP contribution is 2.38. The second-order valence-electron chi connectivity index (χ2n) is 6.24. The van der Waals surface area contributed by atoms with Gasteiger partial charge < -0.3 is 10.6 Å². The molecule has 3 nitrogen and oxygen atoms in total. The molecule has 0 aromatic carbocycles. The zero-order valence-corrected chi connectivity index (χ0v) is 11.9. The molecule has 2 aliphatic rings. The maximum atomic E-state index is 6.09. The summed E-state index contributed by atoms with van der Waals surface area (Å²) in [5.41, 5.74) is 7.28. The molecule has 1 aromatic heterocycles. The Morgan fingerprint density at radius 3 is 2.84 bits per heavy atom. The maximum absolute atomic E-state index is 6.09. The van der Waals surface area contributed by atoms with E-state index in [9.17, 15) is 0 Å². The van der Waals surface area contributed by atoms with E-state index in [-0.39, 0.29) is 6.04 Å². The molecule has 2 heterocycles. The molecule has 1 saturated heterocycles. The van der Waals surface area contributed by atoms with E-state index < -0.39 is 0 Å². The normalized spacial score (nSPS) is 28.8. The summed E-state index contributed by atoms with van der Waals surface area (Å²) in [4.78, 5) is 7.08. The van der Waals surface area contributed by atoms with Crippen LogP contribution in [0.1, 0.15) is 50.6 Å². The molecule has 0 spiro atoms. The van der Waals surface area contributed by atoms with E-state index in [2.05, 4.69) is 16.0 Å². The third-order valence-electron chi connectivity index (χ3n) is 4.90. The van der Waals surface area contributed by atoms with Gasteiger partial charge in [0.15, 0.2) is 0 Å². The molecule has 0 amide bonds. The number of anilines is 1. The Morgan fingerprint density at radius 1 is 1.26 bits per heavy atom. The van der Waals surface area contributed by atoms with Gasteiger partial charge in [0, 0.05) is 30.9 Å². The van der Waals surface area contributed by atoms with Gasteiger partial charge in [0.05, 0.1) is 0 Å². The Bertz CT molecular complexity index is 430. The molecular formula is C16H25N3. The third-order valence-corrected chi connectivity index (χ3v) is 4.90. The van der Waals surface area contributed by atoms with Crippen molar-refractivity contribution in [2.45, 2.75) is 45.1 Å². The minimum absolute atomic E-state index is 0.0628. The summed E-state index contributed by atoms with van der Waals surface area (Å²) < 4.78 is 0. The highest BCUT2D eigenvalue weighted by Gasteiger charge is 2.32. The van der Waals surface area contributed by atoms with Crippen LogP contribution >= 0.6 is 0 Å². The molecule has 1 aliphatic carbocycles. The summed E-state index contributed by atoms with van der Waals surface area (Å²) >= 11 is 0. The second-order valence-corrected chi connectivity index (χ2v) is 6.24. The first-order valence-corrected chi connectivity index (χ1v) is 7.71. The van der Waals surface area contributed by atoms with Crippen LogP contribution in [0.5, 0.6) is 0 Å². The number of aromatic nitrogens is 1. The van der Waals surface area contributed by atoms with Crippen molar-refractivity contribution in [1.82, 2.24) is 4.98 Å². The van der Waals surface area contributed by atoms with Crippen molar-refractivity contribution < 1.29 is 0 Å². The Balaban J connectivity index is 1.79. The molecule has 2 N–H and O–H groups in total. The van der Waals surface area contributed by atoms with Gasteiger partial charge in [0.1, 0.15) is 5.82 Å². The van der Waals surface area contributed by atoms with E-state index in [1.165, 1.54) is 44.2 Å². The van der Waals surface area contributed by atoms with E-state index in [0.29, 0.717) is 0 Å². The number of nitrogens with zero attached hydrogens (tertiary/aromatic N) is 2. The molecule has 1 aliphatic heterocycles. The van der Waals surface area contributed by atoms with Gasteiger partial charge in [-0.3, -0.25) is 0 Å². The van der Waals surface area contributed by atoms with Gasteiger partial charge in [-0.25, -0.2) is 4.98 Å². The molecule has 3 heteroatoms. The topological polar surface area (TPSA) is 42.1 Å². The largest absolute Gasteiger partial charge is 0.356 e. The Labute approximate surface area is 116 Å². The molecule has 0 radical (unpaired) electrons. The van der Waals surface area contributed by atoms with Crippen LogP contribution in [0.3, 0.4) is 0 Å². The van der Waals surface area contributed by atoms with Crippen LogP contribution in [0.15, 0.2) is 18.3 Å². The molecule has 104 valence electrons. The van der Waals surface area contributed by atoms with Crippen molar-refractivity contribution in [2.75, 3.05) is 18.0 Å². The van der Waals surface area contributed by atoms with Crippen molar-refractivity contribution >= 4 is 5.82 Å². The third kappa shape index (κ3) is 2.62. The first-order valence-electron chi connectivity index (χ1n) is 7.71. The summed E-state index contributed by atoms with van der Waals surface area (Å²) in [5.74, 6) is 2.97. The minimum atomic E-state index is 0.0628. The molecule has 3 atom stereocenters. The van der Waals surface area contributed by atoms with Crippen molar-refractivity contribution in [3.63, 3.8) is 0 Å². The number of fused-ring (bicyclic) bond motifs is 1. The lowest BCUT2D eigenvalue weighted by Gasteiger charge is -2.42. The predicted octanol–water partition coefficient (Wildman–Crippen LogP) is 3.12. The van der Waals surface area contributed by atoms with Crippen molar-refractivity contribution in [3.8, 4) is 0 Å². The number of pyridine rings is 1. The van der Waals surface area contributed by atoms with Crippen molar-refractivity contribution in [2.24, 2.45) is 17.6 Å². The average molecular weight is 259 g/mol. The number of hydrogen-bond donors (Lipinski definition) is 1. The Hall–Kier alpha value is -1.09. The maximum Gasteiger partial charge on any atom is 0.133 e. The smallest absolute Gasteiger partial charge is 0.133 e. The monoisotopic (exact) mass is 259 g/mol. The number of piperidine rings is 1. The fourth-order valence-corrected chi connectivity index (χ4v) is 3.82. The van der Waals surface area contributed by atoms with Gasteiger partial charge in [-0.1, -0.05) is 25.3 Å². The lowest BCUT2D eigenvalue weighted by atomic mass is 9.75. The van der Waals surface area contributed by atoms with E-state index in [4.69, 9.17) is 5.73 Å². The first-order chi connectivity index (χ1) is 9.25. The van der Waals surface area contributed by atoms with E-state index in [1.54, 1.807) is 0 Å². The van der Waals surface area contributed by atoms with Gasteiger partial charge in [0.2, 0.25) is 0 Å². The minimum Gasteiger partial charge on any atom is -0.356 e. The van der Waals surface area contributed by atoms with E-state index in [1.807, 2.05) is 19.2 Å².